The first-order valence-electron chi connectivity index (χ1n) is 8.48. The second-order valence-corrected chi connectivity index (χ2v) is 5.68. The molecule has 0 aliphatic carbocycles. The molecule has 2 rings (SSSR count). The average Bonchev–Trinajstić information content (AvgIpc) is 3.09. The Morgan fingerprint density at radius 3 is 2.48 bits per heavy atom. The molecule has 128 valence electrons. The van der Waals surface area contributed by atoms with Crippen LogP contribution in [-0.4, -0.2) is 49.8 Å². The van der Waals surface area contributed by atoms with E-state index in [0.29, 0.717) is 25.4 Å². The number of ether oxygens (including phenoxy) is 3. The van der Waals surface area contributed by atoms with Crippen molar-refractivity contribution >= 4 is 5.91 Å². The standard InChI is InChI=1S/C18H27NO4/c1-3-11-21-15-7-9-16(10-8-15)23-14-18(20)19(4-2)13-17-6-5-12-22-17/h7-10,17H,3-6,11-14H2,1-2H3. The Bertz CT molecular complexity index is 468. The van der Waals surface area contributed by atoms with Crippen LogP contribution < -0.4 is 9.47 Å². The minimum absolute atomic E-state index is 0.00527. The van der Waals surface area contributed by atoms with Crippen molar-refractivity contribution in [2.75, 3.05) is 32.9 Å². The summed E-state index contributed by atoms with van der Waals surface area (Å²) in [5, 5.41) is 0. The SMILES string of the molecule is CCCOc1ccc(OCC(=O)N(CC)CC2CCCO2)cc1. The summed E-state index contributed by atoms with van der Waals surface area (Å²) < 4.78 is 16.7. The topological polar surface area (TPSA) is 48.0 Å². The molecule has 1 unspecified atom stereocenters. The van der Waals surface area contributed by atoms with Gasteiger partial charge in [0.15, 0.2) is 6.61 Å². The van der Waals surface area contributed by atoms with Gasteiger partial charge in [-0.15, -0.1) is 0 Å². The lowest BCUT2D eigenvalue weighted by atomic mass is 10.2. The quantitative estimate of drug-likeness (QED) is 0.702. The van der Waals surface area contributed by atoms with E-state index in [4.69, 9.17) is 14.2 Å². The number of hydrogen-bond donors (Lipinski definition) is 0. The second-order valence-electron chi connectivity index (χ2n) is 5.68. The first-order valence-corrected chi connectivity index (χ1v) is 8.48. The van der Waals surface area contributed by atoms with E-state index in [2.05, 4.69) is 6.92 Å². The monoisotopic (exact) mass is 321 g/mol. The van der Waals surface area contributed by atoms with E-state index < -0.39 is 0 Å². The Morgan fingerprint density at radius 1 is 1.22 bits per heavy atom. The number of benzene rings is 1. The number of nitrogens with zero attached hydrogens (tertiary/aromatic N) is 1. The summed E-state index contributed by atoms with van der Waals surface area (Å²) in [4.78, 5) is 14.1. The average molecular weight is 321 g/mol. The van der Waals surface area contributed by atoms with Crippen LogP contribution in [0.3, 0.4) is 0 Å². The number of amides is 1. The molecule has 1 aliphatic rings. The molecule has 1 heterocycles. The van der Waals surface area contributed by atoms with E-state index >= 15 is 0 Å². The highest BCUT2D eigenvalue weighted by molar-refractivity contribution is 5.77. The highest BCUT2D eigenvalue weighted by Crippen LogP contribution is 2.18. The van der Waals surface area contributed by atoms with Crippen LogP contribution in [0.5, 0.6) is 11.5 Å². The van der Waals surface area contributed by atoms with Crippen LogP contribution >= 0.6 is 0 Å². The molecule has 23 heavy (non-hydrogen) atoms. The first-order chi connectivity index (χ1) is 11.2. The fourth-order valence-corrected chi connectivity index (χ4v) is 2.53. The maximum Gasteiger partial charge on any atom is 0.260 e. The number of carbonyl (C=O) groups excluding carboxylic acids is 1. The van der Waals surface area contributed by atoms with Gasteiger partial charge in [0.2, 0.25) is 0 Å². The zero-order valence-corrected chi connectivity index (χ0v) is 14.1. The van der Waals surface area contributed by atoms with Crippen molar-refractivity contribution in [1.82, 2.24) is 4.90 Å². The fourth-order valence-electron chi connectivity index (χ4n) is 2.53. The lowest BCUT2D eigenvalue weighted by Crippen LogP contribution is -2.39. The Kier molecular flexibility index (Phi) is 7.20. The van der Waals surface area contributed by atoms with Gasteiger partial charge in [-0.25, -0.2) is 0 Å². The molecular weight excluding hydrogens is 294 g/mol. The predicted octanol–water partition coefficient (Wildman–Crippen LogP) is 2.88. The normalized spacial score (nSPS) is 17.0. The zero-order chi connectivity index (χ0) is 16.5. The third kappa shape index (κ3) is 5.75. The van der Waals surface area contributed by atoms with Crippen molar-refractivity contribution < 1.29 is 19.0 Å². The number of likely N-dealkylation sites (N-methyl/N-ethyl adjacent to an activating group) is 1. The van der Waals surface area contributed by atoms with Crippen LogP contribution in [0.2, 0.25) is 0 Å². The van der Waals surface area contributed by atoms with Crippen LogP contribution in [0.25, 0.3) is 0 Å². The van der Waals surface area contributed by atoms with Crippen molar-refractivity contribution in [2.24, 2.45) is 0 Å². The van der Waals surface area contributed by atoms with Gasteiger partial charge in [0.1, 0.15) is 11.5 Å². The summed E-state index contributed by atoms with van der Waals surface area (Å²) in [6.07, 6.45) is 3.27. The van der Waals surface area contributed by atoms with E-state index in [1.165, 1.54) is 0 Å². The number of rotatable bonds is 9. The van der Waals surface area contributed by atoms with E-state index in [1.54, 1.807) is 4.90 Å². The van der Waals surface area contributed by atoms with E-state index in [0.717, 1.165) is 31.6 Å². The zero-order valence-electron chi connectivity index (χ0n) is 14.1. The minimum Gasteiger partial charge on any atom is -0.494 e. The van der Waals surface area contributed by atoms with Crippen molar-refractivity contribution in [1.29, 1.82) is 0 Å². The number of hydrogen-bond acceptors (Lipinski definition) is 4. The summed E-state index contributed by atoms with van der Waals surface area (Å²) in [6.45, 7) is 6.93. The molecule has 5 heteroatoms. The summed E-state index contributed by atoms with van der Waals surface area (Å²) in [5.41, 5.74) is 0. The molecule has 0 spiro atoms. The molecule has 1 aromatic carbocycles. The van der Waals surface area contributed by atoms with Crippen LogP contribution in [0.1, 0.15) is 33.1 Å². The lowest BCUT2D eigenvalue weighted by Gasteiger charge is -2.24. The van der Waals surface area contributed by atoms with Crippen molar-refractivity contribution in [3.05, 3.63) is 24.3 Å². The van der Waals surface area contributed by atoms with E-state index in [1.807, 2.05) is 31.2 Å². The maximum atomic E-state index is 12.3. The van der Waals surface area contributed by atoms with Gasteiger partial charge in [0.25, 0.3) is 5.91 Å². The molecule has 1 aromatic rings. The van der Waals surface area contributed by atoms with Gasteiger partial charge in [0.05, 0.1) is 12.7 Å². The lowest BCUT2D eigenvalue weighted by molar-refractivity contribution is -0.134. The Hall–Kier alpha value is -1.75. The van der Waals surface area contributed by atoms with Gasteiger partial charge in [-0.3, -0.25) is 4.79 Å². The van der Waals surface area contributed by atoms with Crippen molar-refractivity contribution in [2.45, 2.75) is 39.2 Å². The van der Waals surface area contributed by atoms with Crippen molar-refractivity contribution in [3.8, 4) is 11.5 Å². The van der Waals surface area contributed by atoms with Crippen LogP contribution in [0, 0.1) is 0 Å². The highest BCUT2D eigenvalue weighted by Gasteiger charge is 2.21. The Morgan fingerprint density at radius 2 is 1.91 bits per heavy atom. The predicted molar refractivity (Wildman–Crippen MR) is 89.0 cm³/mol. The minimum atomic E-state index is -0.00527. The van der Waals surface area contributed by atoms with E-state index in [-0.39, 0.29) is 18.6 Å². The molecule has 0 radical (unpaired) electrons. The van der Waals surface area contributed by atoms with Crippen LogP contribution in [-0.2, 0) is 9.53 Å². The Balaban J connectivity index is 1.77. The smallest absolute Gasteiger partial charge is 0.260 e. The largest absolute Gasteiger partial charge is 0.494 e. The molecule has 0 aromatic heterocycles. The van der Waals surface area contributed by atoms with Gasteiger partial charge in [-0.1, -0.05) is 6.92 Å². The van der Waals surface area contributed by atoms with Crippen molar-refractivity contribution in [3.63, 3.8) is 0 Å². The van der Waals surface area contributed by atoms with Gasteiger partial charge in [0, 0.05) is 19.7 Å². The molecule has 1 aliphatic heterocycles. The third-order valence-corrected chi connectivity index (χ3v) is 3.84. The van der Waals surface area contributed by atoms with Gasteiger partial charge >= 0.3 is 0 Å². The number of carbonyl (C=O) groups is 1. The molecule has 0 saturated carbocycles. The second kappa shape index (κ2) is 9.40. The highest BCUT2D eigenvalue weighted by atomic mass is 16.5. The molecule has 1 saturated heterocycles. The molecule has 1 fully saturated rings. The third-order valence-electron chi connectivity index (χ3n) is 3.84. The summed E-state index contributed by atoms with van der Waals surface area (Å²) >= 11 is 0. The summed E-state index contributed by atoms with van der Waals surface area (Å²) in [5.74, 6) is 1.49. The first kappa shape index (κ1) is 17.6. The summed E-state index contributed by atoms with van der Waals surface area (Å²) in [6, 6.07) is 7.38. The maximum absolute atomic E-state index is 12.3. The van der Waals surface area contributed by atoms with Gasteiger partial charge < -0.3 is 19.1 Å². The fraction of sp³-hybridized carbons (Fsp3) is 0.611. The van der Waals surface area contributed by atoms with Crippen LogP contribution in [0.15, 0.2) is 24.3 Å². The van der Waals surface area contributed by atoms with Gasteiger partial charge in [-0.2, -0.15) is 0 Å². The molecule has 0 bridgehead atoms. The van der Waals surface area contributed by atoms with Gasteiger partial charge in [-0.05, 0) is 50.5 Å². The Labute approximate surface area is 138 Å². The molecule has 1 amide bonds. The molecule has 5 nitrogen and oxygen atoms in total. The molecule has 1 atom stereocenters. The summed E-state index contributed by atoms with van der Waals surface area (Å²) in [7, 11) is 0. The molecular formula is C18H27NO4. The van der Waals surface area contributed by atoms with Crippen LogP contribution in [0.4, 0.5) is 0 Å². The molecule has 0 N–H and O–H groups in total. The van der Waals surface area contributed by atoms with E-state index in [9.17, 15) is 4.79 Å².